The number of phosphoric acid groups is 1. The van der Waals surface area contributed by atoms with Gasteiger partial charge in [-0.25, -0.2) is 33.3 Å². The van der Waals surface area contributed by atoms with Crippen molar-refractivity contribution >= 4 is 49.9 Å². The molecule has 0 aliphatic carbocycles. The number of alkyl halides is 2. The fraction of sp³-hybridized carbons (Fsp3) is 0.524. The second-order valence-corrected chi connectivity index (χ2v) is 12.5. The van der Waals surface area contributed by atoms with Crippen LogP contribution in [0.15, 0.2) is 23.8 Å². The molecule has 46 heavy (non-hydrogen) atoms. The molecular weight excluding hydrogens is 668 g/mol. The van der Waals surface area contributed by atoms with E-state index in [4.69, 9.17) is 34.7 Å². The van der Waals surface area contributed by atoms with Gasteiger partial charge in [-0.05, 0) is 0 Å². The summed E-state index contributed by atoms with van der Waals surface area (Å²) in [5.41, 5.74) is 10.5. The van der Waals surface area contributed by atoms with Gasteiger partial charge in [0.2, 0.25) is 14.0 Å². The SMILES string of the molecule is Nc1nc2c(ncn2[C@@H]2O[C@H](COP(=O)(O)OC3C(F)[C@H](n4cnc5c(N)ncnc54)O[C@@H]3CO)C(OC[PH](=O)O)[C@@H]2F)c(=O)[nH]1. The number of rotatable bonds is 11. The standard InChI is InChI=1S/C21H26F2N10O11P2/c22-9-13(40-6-45(36)37)8(43-19(9)33-5-29-12-17(33)30-21(25)31-18(12)35)2-41-46(38,39)44-14-7(1-34)42-20(10(14)23)32-4-28-11-15(24)26-3-27-16(11)32/h3-5,7-10,13-14,19-20,34,45H,1-2,6H2,(H,36,37)(H,38,39)(H2,24,26,27)(H3,25,30,31,35)/t7-,8-,9+,10?,13?,14?,19-,20-/m1/s1. The molecule has 0 saturated carbocycles. The molecule has 21 nitrogen and oxygen atoms in total. The number of fused-ring (bicyclic) bond motifs is 2. The molecule has 5 unspecified atom stereocenters. The molecule has 6 heterocycles. The summed E-state index contributed by atoms with van der Waals surface area (Å²) in [4.78, 5) is 53.8. The number of nitrogens with two attached hydrogens (primary N) is 2. The fourth-order valence-electron chi connectivity index (χ4n) is 5.15. The Morgan fingerprint density at radius 1 is 1.02 bits per heavy atom. The van der Waals surface area contributed by atoms with Crippen molar-refractivity contribution in [2.24, 2.45) is 0 Å². The van der Waals surface area contributed by atoms with E-state index in [1.54, 1.807) is 0 Å². The quantitative estimate of drug-likeness (QED) is 0.101. The van der Waals surface area contributed by atoms with Gasteiger partial charge < -0.3 is 40.6 Å². The number of phosphoric ester groups is 1. The summed E-state index contributed by atoms with van der Waals surface area (Å²) >= 11 is 0. The van der Waals surface area contributed by atoms with E-state index < -0.39 is 90.2 Å². The predicted molar refractivity (Wildman–Crippen MR) is 149 cm³/mol. The molecule has 0 amide bonds. The first-order valence-electron chi connectivity index (χ1n) is 13.2. The predicted octanol–water partition coefficient (Wildman–Crippen LogP) is -1.10. The third-order valence-corrected chi connectivity index (χ3v) is 8.55. The largest absolute Gasteiger partial charge is 0.472 e. The Morgan fingerprint density at radius 2 is 1.67 bits per heavy atom. The summed E-state index contributed by atoms with van der Waals surface area (Å²) in [7, 11) is -8.47. The molecule has 0 bridgehead atoms. The van der Waals surface area contributed by atoms with Crippen molar-refractivity contribution in [2.75, 3.05) is 31.0 Å². The van der Waals surface area contributed by atoms with Crippen molar-refractivity contribution in [3.8, 4) is 0 Å². The molecule has 8 N–H and O–H groups in total. The molecule has 0 aromatic carbocycles. The van der Waals surface area contributed by atoms with E-state index in [0.717, 1.165) is 28.1 Å². The van der Waals surface area contributed by atoms with Crippen LogP contribution in [0.2, 0.25) is 0 Å². The maximum Gasteiger partial charge on any atom is 0.472 e. The van der Waals surface area contributed by atoms with Crippen LogP contribution >= 0.6 is 15.9 Å². The third kappa shape index (κ3) is 6.01. The number of aromatic amines is 1. The Bertz CT molecular complexity index is 1880. The lowest BCUT2D eigenvalue weighted by Gasteiger charge is -2.23. The van der Waals surface area contributed by atoms with Crippen LogP contribution in [0.5, 0.6) is 0 Å². The zero-order chi connectivity index (χ0) is 32.9. The van der Waals surface area contributed by atoms with Crippen LogP contribution < -0.4 is 17.0 Å². The van der Waals surface area contributed by atoms with Crippen LogP contribution in [-0.4, -0.2) is 110 Å². The Morgan fingerprint density at radius 3 is 2.37 bits per heavy atom. The van der Waals surface area contributed by atoms with Gasteiger partial charge in [0, 0.05) is 0 Å². The number of nitrogens with one attached hydrogen (secondary N) is 1. The van der Waals surface area contributed by atoms with Crippen molar-refractivity contribution in [3.63, 3.8) is 0 Å². The van der Waals surface area contributed by atoms with Gasteiger partial charge in [0.15, 0.2) is 47.4 Å². The molecule has 0 spiro atoms. The minimum Gasteiger partial charge on any atom is -0.394 e. The molecule has 2 aliphatic heterocycles. The Labute approximate surface area is 254 Å². The minimum atomic E-state index is -5.22. The molecule has 250 valence electrons. The van der Waals surface area contributed by atoms with Crippen LogP contribution in [0.3, 0.4) is 0 Å². The van der Waals surface area contributed by atoms with E-state index in [0.29, 0.717) is 0 Å². The van der Waals surface area contributed by atoms with Crippen molar-refractivity contribution in [1.82, 2.24) is 39.0 Å². The molecular formula is C21H26F2N10O11P2. The number of nitrogens with zero attached hydrogens (tertiary/aromatic N) is 7. The molecule has 2 fully saturated rings. The molecule has 6 rings (SSSR count). The van der Waals surface area contributed by atoms with E-state index in [9.17, 15) is 28.8 Å². The van der Waals surface area contributed by atoms with Crippen LogP contribution in [-0.2, 0) is 32.4 Å². The summed E-state index contributed by atoms with van der Waals surface area (Å²) in [5, 5.41) is 9.81. The molecule has 10 atom stereocenters. The van der Waals surface area contributed by atoms with Crippen molar-refractivity contribution in [1.29, 1.82) is 0 Å². The lowest BCUT2D eigenvalue weighted by molar-refractivity contribution is -0.0618. The molecule has 0 radical (unpaired) electrons. The minimum absolute atomic E-state index is 0.00727. The Hall–Kier alpha value is -3.50. The first kappa shape index (κ1) is 32.4. The van der Waals surface area contributed by atoms with Crippen LogP contribution in [0.4, 0.5) is 20.5 Å². The van der Waals surface area contributed by atoms with Gasteiger partial charge in [-0.15, -0.1) is 0 Å². The average molecular weight is 694 g/mol. The van der Waals surface area contributed by atoms with Gasteiger partial charge in [0.1, 0.15) is 42.6 Å². The van der Waals surface area contributed by atoms with E-state index >= 15 is 8.78 Å². The van der Waals surface area contributed by atoms with Gasteiger partial charge in [0.05, 0.1) is 25.9 Å². The van der Waals surface area contributed by atoms with Gasteiger partial charge in [-0.2, -0.15) is 4.98 Å². The average Bonchev–Trinajstić information content (AvgIpc) is 3.76. The highest BCUT2D eigenvalue weighted by atomic mass is 31.2. The summed E-state index contributed by atoms with van der Waals surface area (Å²) in [6.07, 6.45) is -11.4. The second kappa shape index (κ2) is 12.6. The summed E-state index contributed by atoms with van der Waals surface area (Å²) in [6.45, 7) is -1.75. The summed E-state index contributed by atoms with van der Waals surface area (Å²) in [5.74, 6) is -0.297. The summed E-state index contributed by atoms with van der Waals surface area (Å²) < 4.78 is 84.4. The number of hydrogen-bond acceptors (Lipinski definition) is 16. The van der Waals surface area contributed by atoms with Crippen LogP contribution in [0, 0.1) is 0 Å². The molecule has 4 aromatic heterocycles. The maximum absolute atomic E-state index is 15.7. The molecule has 2 saturated heterocycles. The van der Waals surface area contributed by atoms with Crippen molar-refractivity contribution in [2.45, 2.75) is 49.2 Å². The van der Waals surface area contributed by atoms with E-state index in [-0.39, 0.29) is 34.1 Å². The van der Waals surface area contributed by atoms with E-state index in [2.05, 4.69) is 29.9 Å². The van der Waals surface area contributed by atoms with Gasteiger partial charge >= 0.3 is 7.82 Å². The lowest BCUT2D eigenvalue weighted by atomic mass is 10.1. The van der Waals surface area contributed by atoms with E-state index in [1.165, 1.54) is 0 Å². The highest BCUT2D eigenvalue weighted by Gasteiger charge is 2.52. The molecule has 4 aromatic rings. The smallest absolute Gasteiger partial charge is 0.394 e. The number of hydrogen-bond donors (Lipinski definition) is 6. The van der Waals surface area contributed by atoms with Crippen LogP contribution in [0.25, 0.3) is 22.3 Å². The number of nitrogen functional groups attached to an aromatic ring is 2. The third-order valence-electron chi connectivity index (χ3n) is 7.16. The maximum atomic E-state index is 15.7. The van der Waals surface area contributed by atoms with Crippen molar-refractivity contribution in [3.05, 3.63) is 29.3 Å². The lowest BCUT2D eigenvalue weighted by Crippen LogP contribution is -2.35. The van der Waals surface area contributed by atoms with E-state index in [1.807, 2.05) is 0 Å². The number of anilines is 2. The number of halogens is 2. The highest BCUT2D eigenvalue weighted by molar-refractivity contribution is 7.47. The Kier molecular flexibility index (Phi) is 8.89. The Balaban J connectivity index is 1.19. The summed E-state index contributed by atoms with van der Waals surface area (Å²) in [6, 6.07) is 0. The number of H-pyrrole nitrogens is 1. The normalized spacial score (nSPS) is 30.3. The van der Waals surface area contributed by atoms with Gasteiger partial charge in [-0.3, -0.25) is 32.5 Å². The fourth-order valence-corrected chi connectivity index (χ4v) is 6.44. The number of aromatic nitrogens is 8. The monoisotopic (exact) mass is 694 g/mol. The second-order valence-electron chi connectivity index (χ2n) is 10.1. The molecule has 2 aliphatic rings. The number of ether oxygens (including phenoxy) is 3. The number of imidazole rings is 2. The van der Waals surface area contributed by atoms with Crippen molar-refractivity contribution < 1.29 is 56.1 Å². The number of aliphatic hydroxyl groups excluding tert-OH is 1. The number of aliphatic hydroxyl groups is 1. The highest BCUT2D eigenvalue weighted by Crippen LogP contribution is 2.50. The first-order chi connectivity index (χ1) is 21.9. The first-order valence-corrected chi connectivity index (χ1v) is 16.3. The zero-order valence-electron chi connectivity index (χ0n) is 23.1. The van der Waals surface area contributed by atoms with Gasteiger partial charge in [0.25, 0.3) is 5.56 Å². The molecule has 25 heteroatoms. The topological polar surface area (TPSA) is 300 Å². The zero-order valence-corrected chi connectivity index (χ0v) is 25.0. The van der Waals surface area contributed by atoms with Gasteiger partial charge in [-0.1, -0.05) is 0 Å². The van der Waals surface area contributed by atoms with Crippen LogP contribution in [0.1, 0.15) is 12.5 Å².